The van der Waals surface area contributed by atoms with Crippen LogP contribution in [0.4, 0.5) is 10.5 Å². The highest BCUT2D eigenvalue weighted by Gasteiger charge is 2.42. The lowest BCUT2D eigenvalue weighted by atomic mass is 10.1. The Bertz CT molecular complexity index is 1490. The first-order valence-electron chi connectivity index (χ1n) is 12.6. The molecule has 2 N–H and O–H groups in total. The zero-order chi connectivity index (χ0) is 29.0. The first-order chi connectivity index (χ1) is 19.0. The molecule has 3 aromatic rings. The third-order valence-corrected chi connectivity index (χ3v) is 6.04. The Labute approximate surface area is 231 Å². The molecule has 0 spiro atoms. The Morgan fingerprint density at radius 3 is 2.17 bits per heavy atom. The van der Waals surface area contributed by atoms with E-state index in [0.717, 1.165) is 5.56 Å². The Kier molecular flexibility index (Phi) is 7.99. The highest BCUT2D eigenvalue weighted by atomic mass is 16.7. The number of imide groups is 1. The largest absolute Gasteiger partial charge is 0.513 e. The van der Waals surface area contributed by atoms with E-state index < -0.39 is 23.5 Å². The van der Waals surface area contributed by atoms with E-state index in [1.807, 2.05) is 0 Å². The van der Waals surface area contributed by atoms with Crippen LogP contribution >= 0.6 is 0 Å². The van der Waals surface area contributed by atoms with E-state index >= 15 is 0 Å². The van der Waals surface area contributed by atoms with Crippen molar-refractivity contribution < 1.29 is 33.4 Å². The van der Waals surface area contributed by atoms with Crippen LogP contribution in [0.5, 0.6) is 5.75 Å². The van der Waals surface area contributed by atoms with Crippen molar-refractivity contribution in [3.8, 4) is 5.75 Å². The quantitative estimate of drug-likeness (QED) is 0.249. The molecule has 0 unspecified atom stereocenters. The van der Waals surface area contributed by atoms with Crippen molar-refractivity contribution in [3.05, 3.63) is 94.5 Å². The number of carbonyl (C=O) groups is 5. The highest BCUT2D eigenvalue weighted by molar-refractivity contribution is 6.22. The second-order valence-electron chi connectivity index (χ2n) is 10.0. The van der Waals surface area contributed by atoms with Crippen LogP contribution in [0.15, 0.2) is 66.7 Å². The van der Waals surface area contributed by atoms with Crippen molar-refractivity contribution in [1.82, 2.24) is 10.2 Å². The monoisotopic (exact) mass is 543 g/mol. The number of amides is 4. The van der Waals surface area contributed by atoms with Crippen molar-refractivity contribution in [3.63, 3.8) is 0 Å². The maximum absolute atomic E-state index is 12.9. The van der Waals surface area contributed by atoms with Gasteiger partial charge in [-0.25, -0.2) is 4.79 Å². The van der Waals surface area contributed by atoms with Gasteiger partial charge in [-0.3, -0.25) is 24.1 Å². The fourth-order valence-electron chi connectivity index (χ4n) is 4.16. The first-order valence-corrected chi connectivity index (χ1v) is 12.6. The van der Waals surface area contributed by atoms with Gasteiger partial charge in [0, 0.05) is 28.9 Å². The van der Waals surface area contributed by atoms with Crippen LogP contribution in [-0.2, 0) is 11.3 Å². The number of fused-ring (bicyclic) bond motifs is 1. The minimum absolute atomic E-state index is 0.192. The molecule has 0 aromatic heterocycles. The predicted molar refractivity (Wildman–Crippen MR) is 146 cm³/mol. The molecule has 4 rings (SSSR count). The number of hydrogen-bond acceptors (Lipinski definition) is 7. The topological polar surface area (TPSA) is 131 Å². The van der Waals surface area contributed by atoms with Gasteiger partial charge in [0.05, 0.1) is 17.7 Å². The molecule has 0 bridgehead atoms. The summed E-state index contributed by atoms with van der Waals surface area (Å²) < 4.78 is 9.70. The number of carbonyl (C=O) groups excluding carboxylic acids is 5. The summed E-state index contributed by atoms with van der Waals surface area (Å²) in [6.45, 7) is 7.38. The minimum atomic E-state index is -0.821. The Morgan fingerprint density at radius 2 is 1.50 bits per heavy atom. The van der Waals surface area contributed by atoms with E-state index in [-0.39, 0.29) is 47.4 Å². The molecule has 10 nitrogen and oxygen atoms in total. The summed E-state index contributed by atoms with van der Waals surface area (Å²) in [7, 11) is 0. The molecule has 10 heteroatoms. The second-order valence-corrected chi connectivity index (χ2v) is 10.0. The van der Waals surface area contributed by atoms with E-state index in [4.69, 9.17) is 9.47 Å². The normalized spacial score (nSPS) is 12.6. The first kappa shape index (κ1) is 28.0. The van der Waals surface area contributed by atoms with Gasteiger partial charge in [0.15, 0.2) is 0 Å². The van der Waals surface area contributed by atoms with E-state index in [1.54, 1.807) is 52.0 Å². The van der Waals surface area contributed by atoms with Gasteiger partial charge in [0.1, 0.15) is 5.75 Å². The zero-order valence-corrected chi connectivity index (χ0v) is 22.6. The Balaban J connectivity index is 1.37. The van der Waals surface area contributed by atoms with Crippen molar-refractivity contribution in [2.24, 2.45) is 0 Å². The molecule has 0 saturated heterocycles. The van der Waals surface area contributed by atoms with Crippen molar-refractivity contribution >= 4 is 35.5 Å². The van der Waals surface area contributed by atoms with E-state index in [0.29, 0.717) is 11.3 Å². The molecule has 4 amide bonds. The number of rotatable bonds is 7. The summed E-state index contributed by atoms with van der Waals surface area (Å²) >= 11 is 0. The molecule has 0 radical (unpaired) electrons. The highest BCUT2D eigenvalue weighted by Crippen LogP contribution is 2.30. The lowest BCUT2D eigenvalue weighted by molar-refractivity contribution is 0.0507. The van der Waals surface area contributed by atoms with Crippen LogP contribution < -0.4 is 15.4 Å². The lowest BCUT2D eigenvalue weighted by Gasteiger charge is -2.29. The second kappa shape index (κ2) is 11.4. The molecular formula is C30H29N3O7. The van der Waals surface area contributed by atoms with Crippen LogP contribution in [0, 0.1) is 0 Å². The molecule has 1 heterocycles. The molecule has 3 aromatic carbocycles. The SMILES string of the molecule is CCOC(=O)Oc1ccc(C(=O)NCc2cccc(NC(=O)c3ccc4c(c3)C(=O)N(C(C)(C)C)C4=O)c2)cc1. The summed E-state index contributed by atoms with van der Waals surface area (Å²) in [6.07, 6.45) is -0.821. The van der Waals surface area contributed by atoms with E-state index in [2.05, 4.69) is 10.6 Å². The molecular weight excluding hydrogens is 514 g/mol. The molecule has 40 heavy (non-hydrogen) atoms. The van der Waals surface area contributed by atoms with Gasteiger partial charge in [0.2, 0.25) is 0 Å². The van der Waals surface area contributed by atoms with Crippen molar-refractivity contribution in [1.29, 1.82) is 0 Å². The molecule has 0 fully saturated rings. The molecule has 206 valence electrons. The zero-order valence-electron chi connectivity index (χ0n) is 22.6. The van der Waals surface area contributed by atoms with Crippen LogP contribution in [0.2, 0.25) is 0 Å². The number of ether oxygens (including phenoxy) is 2. The molecule has 0 atom stereocenters. The third-order valence-electron chi connectivity index (χ3n) is 6.04. The number of nitrogens with one attached hydrogen (secondary N) is 2. The average Bonchev–Trinajstić information content (AvgIpc) is 3.17. The average molecular weight is 544 g/mol. The number of hydrogen-bond donors (Lipinski definition) is 2. The molecule has 1 aliphatic heterocycles. The summed E-state index contributed by atoms with van der Waals surface area (Å²) in [5.41, 5.74) is 1.63. The molecule has 0 aliphatic carbocycles. The summed E-state index contributed by atoms with van der Waals surface area (Å²) in [4.78, 5) is 63.7. The van der Waals surface area contributed by atoms with Gasteiger partial charge in [-0.05, 0) is 87.9 Å². The summed E-state index contributed by atoms with van der Waals surface area (Å²) in [6, 6.07) is 17.4. The summed E-state index contributed by atoms with van der Waals surface area (Å²) in [5.74, 6) is -1.33. The smallest absolute Gasteiger partial charge is 0.434 e. The standard InChI is InChI=1S/C30H29N3O7/c1-5-39-29(38)40-22-12-9-19(10-13-22)25(34)31-17-18-7-6-8-21(15-18)32-26(35)20-11-14-23-24(16-20)28(37)33(27(23)36)30(2,3)4/h6-16H,5,17H2,1-4H3,(H,31,34)(H,32,35). The van der Waals surface area contributed by atoms with Gasteiger partial charge < -0.3 is 20.1 Å². The maximum atomic E-state index is 12.9. The fraction of sp³-hybridized carbons (Fsp3) is 0.233. The number of benzene rings is 3. The van der Waals surface area contributed by atoms with E-state index in [1.165, 1.54) is 47.4 Å². The third kappa shape index (κ3) is 6.17. The Hall–Kier alpha value is -4.99. The minimum Gasteiger partial charge on any atom is -0.434 e. The Morgan fingerprint density at radius 1 is 0.825 bits per heavy atom. The molecule has 0 saturated carbocycles. The van der Waals surface area contributed by atoms with Crippen LogP contribution in [0.25, 0.3) is 0 Å². The van der Waals surface area contributed by atoms with Crippen molar-refractivity contribution in [2.45, 2.75) is 39.8 Å². The van der Waals surface area contributed by atoms with E-state index in [9.17, 15) is 24.0 Å². The van der Waals surface area contributed by atoms with Crippen molar-refractivity contribution in [2.75, 3.05) is 11.9 Å². The van der Waals surface area contributed by atoms with Gasteiger partial charge in [0.25, 0.3) is 23.6 Å². The van der Waals surface area contributed by atoms with Crippen LogP contribution in [0.1, 0.15) is 74.7 Å². The number of anilines is 1. The number of nitrogens with zero attached hydrogens (tertiary/aromatic N) is 1. The molecule has 1 aliphatic rings. The fourth-order valence-corrected chi connectivity index (χ4v) is 4.16. The lowest BCUT2D eigenvalue weighted by Crippen LogP contribution is -2.45. The predicted octanol–water partition coefficient (Wildman–Crippen LogP) is 4.80. The van der Waals surface area contributed by atoms with Crippen LogP contribution in [-0.4, -0.2) is 46.8 Å². The van der Waals surface area contributed by atoms with Gasteiger partial charge in [-0.1, -0.05) is 12.1 Å². The van der Waals surface area contributed by atoms with Gasteiger partial charge in [-0.2, -0.15) is 0 Å². The summed E-state index contributed by atoms with van der Waals surface area (Å²) in [5, 5.41) is 5.60. The van der Waals surface area contributed by atoms with Gasteiger partial charge in [-0.15, -0.1) is 0 Å². The van der Waals surface area contributed by atoms with Crippen LogP contribution in [0.3, 0.4) is 0 Å². The van der Waals surface area contributed by atoms with Gasteiger partial charge >= 0.3 is 6.16 Å². The maximum Gasteiger partial charge on any atom is 0.513 e.